The maximum atomic E-state index is 4.40. The van der Waals surface area contributed by atoms with Gasteiger partial charge < -0.3 is 0 Å². The van der Waals surface area contributed by atoms with Crippen molar-refractivity contribution in [2.75, 3.05) is 0 Å². The number of nitrogens with zero attached hydrogens (tertiary/aromatic N) is 8. The molecule has 0 saturated carbocycles. The van der Waals surface area contributed by atoms with Crippen molar-refractivity contribution >= 4 is 0 Å². The number of rotatable bonds is 7. The van der Waals surface area contributed by atoms with Gasteiger partial charge >= 0.3 is 0 Å². The lowest BCUT2D eigenvalue weighted by Crippen LogP contribution is -2.31. The highest BCUT2D eigenvalue weighted by atomic mass is 15.0. The highest BCUT2D eigenvalue weighted by Gasteiger charge is 2.17. The second-order valence-electron chi connectivity index (χ2n) is 18.2. The van der Waals surface area contributed by atoms with E-state index in [4.69, 9.17) is 0 Å². The lowest BCUT2D eigenvalue weighted by atomic mass is 10.0. The van der Waals surface area contributed by atoms with E-state index in [-0.39, 0.29) is 0 Å². The van der Waals surface area contributed by atoms with Crippen LogP contribution in [-0.4, -0.2) is 19.9 Å². The number of aromatic nitrogens is 8. The van der Waals surface area contributed by atoms with Crippen LogP contribution in [0.15, 0.2) is 244 Å². The van der Waals surface area contributed by atoms with Crippen molar-refractivity contribution in [1.29, 1.82) is 0 Å². The Labute approximate surface area is 588 Å². The topological polar surface area (TPSA) is 67.1 Å². The van der Waals surface area contributed by atoms with Gasteiger partial charge in [0.05, 0.1) is 16.8 Å². The lowest BCUT2D eigenvalue weighted by molar-refractivity contribution is -0.660. The summed E-state index contributed by atoms with van der Waals surface area (Å²) in [5, 5.41) is 0. The molecule has 0 aliphatic heterocycles. The van der Waals surface area contributed by atoms with Gasteiger partial charge in [-0.25, -0.2) is 33.2 Å². The summed E-state index contributed by atoms with van der Waals surface area (Å²) in [4.78, 5) is 16.6. The van der Waals surface area contributed by atoms with Crippen molar-refractivity contribution in [3.05, 3.63) is 266 Å². The zero-order valence-corrected chi connectivity index (χ0v) is 65.7. The van der Waals surface area contributed by atoms with Crippen molar-refractivity contribution in [3.63, 3.8) is 0 Å². The van der Waals surface area contributed by atoms with Crippen molar-refractivity contribution in [1.82, 2.24) is 19.9 Å². The summed E-state index contributed by atoms with van der Waals surface area (Å²) in [5.41, 5.74) is 20.7. The van der Waals surface area contributed by atoms with Gasteiger partial charge in [-0.1, -0.05) is 262 Å². The molecule has 96 heavy (non-hydrogen) atoms. The SMILES string of the molecule is CC.CC.CC.CC.CC.CC.CC.CC.CC.CC.CC.Cc1ccccc1-c1ccc(-c2ccccc2)c[n+]1C.Cc1ccccc1-c1ccc(-c2ccccn2)c[n+]1C.Cc1ccccc1-c1ccc(-c2ncncn2)c[n+]1C.Cc1ccccc1-c1cccc[n+]1C. The molecule has 6 heterocycles. The Kier molecular flexibility index (Phi) is 59.0. The van der Waals surface area contributed by atoms with Crippen LogP contribution in [-0.2, 0) is 28.2 Å². The number of aryl methyl sites for hydroxylation is 8. The van der Waals surface area contributed by atoms with Gasteiger partial charge in [0.1, 0.15) is 40.8 Å². The first kappa shape index (κ1) is 93.3. The summed E-state index contributed by atoms with van der Waals surface area (Å²) >= 11 is 0. The zero-order chi connectivity index (χ0) is 73.8. The molecule has 0 fully saturated rings. The Hall–Kier alpha value is -9.14. The molecular weight excluding hydrogens is 1170 g/mol. The maximum Gasteiger partial charge on any atom is 0.212 e. The maximum absolute atomic E-state index is 4.40. The molecule has 8 nitrogen and oxygen atoms in total. The van der Waals surface area contributed by atoms with Gasteiger partial charge in [-0.3, -0.25) is 4.98 Å². The molecule has 0 saturated heterocycles. The van der Waals surface area contributed by atoms with Gasteiger partial charge in [0, 0.05) is 64.3 Å². The molecule has 0 aliphatic carbocycles. The van der Waals surface area contributed by atoms with Crippen LogP contribution >= 0.6 is 0 Å². The number of hydrogen-bond donors (Lipinski definition) is 0. The van der Waals surface area contributed by atoms with Crippen molar-refractivity contribution < 1.29 is 18.3 Å². The molecule has 11 rings (SSSR count). The molecule has 0 radical (unpaired) electrons. The standard InChI is InChI=1S/C19H18N.C18H17N2.C16H15N4.C13H14N.11C2H6/c1-15-8-6-7-11-18(15)19-13-12-17(14-20(19)2)16-9-4-3-5-10-16;1-14-7-3-4-8-16(14)18-11-10-15(13-20(18)2)17-9-5-6-12-19-17;1-12-5-3-4-6-14(12)15-8-7-13(9-20(15)2)16-18-10-17-11-19-16;1-11-7-3-4-8-12(11)13-9-5-6-10-14(13)2;11*1-2/h3-14H,1-2H3;3-13H,1-2H3;3-11H,1-2H3;3-10H,1-2H3;11*1-2H3/q4*+1;;;;;;;;;;;. The largest absolute Gasteiger partial charge is 0.256 e. The summed E-state index contributed by atoms with van der Waals surface area (Å²) in [7, 11) is 8.29. The highest BCUT2D eigenvalue weighted by Crippen LogP contribution is 2.26. The van der Waals surface area contributed by atoms with Crippen LogP contribution in [0.2, 0.25) is 0 Å². The van der Waals surface area contributed by atoms with Gasteiger partial charge in [-0.15, -0.1) is 0 Å². The molecule has 0 aliphatic rings. The number of pyridine rings is 5. The van der Waals surface area contributed by atoms with E-state index in [2.05, 4.69) is 269 Å². The van der Waals surface area contributed by atoms with Gasteiger partial charge in [0.25, 0.3) is 0 Å². The van der Waals surface area contributed by atoms with E-state index in [1.807, 2.05) is 208 Å². The van der Waals surface area contributed by atoms with E-state index >= 15 is 0 Å². The fraction of sp³-hybridized carbons (Fsp3) is 0.341. The van der Waals surface area contributed by atoms with Crippen LogP contribution in [0.4, 0.5) is 0 Å². The quantitative estimate of drug-likeness (QED) is 0.149. The van der Waals surface area contributed by atoms with Crippen molar-refractivity contribution in [2.24, 2.45) is 28.2 Å². The number of hydrogen-bond acceptors (Lipinski definition) is 4. The average molecular weight is 1300 g/mol. The molecule has 0 spiro atoms. The first-order valence-corrected chi connectivity index (χ1v) is 35.8. The fourth-order valence-corrected chi connectivity index (χ4v) is 8.91. The van der Waals surface area contributed by atoms with Crippen LogP contribution in [0.5, 0.6) is 0 Å². The van der Waals surface area contributed by atoms with Gasteiger partial charge in [-0.05, 0) is 116 Å². The van der Waals surface area contributed by atoms with E-state index in [0.717, 1.165) is 16.8 Å². The Morgan fingerprint density at radius 1 is 0.240 bits per heavy atom. The molecule has 0 unspecified atom stereocenters. The molecule has 6 aromatic heterocycles. The van der Waals surface area contributed by atoms with Gasteiger partial charge in [0.2, 0.25) is 22.8 Å². The Morgan fingerprint density at radius 3 is 0.885 bits per heavy atom. The molecular formula is C88H130N8+4. The van der Waals surface area contributed by atoms with E-state index < -0.39 is 0 Å². The Balaban J connectivity index is -0.000000537. The van der Waals surface area contributed by atoms with E-state index in [0.29, 0.717) is 5.82 Å². The normalized spacial score (nSPS) is 8.73. The van der Waals surface area contributed by atoms with Crippen molar-refractivity contribution in [3.8, 4) is 78.8 Å². The molecule has 0 bridgehead atoms. The fourth-order valence-electron chi connectivity index (χ4n) is 8.91. The Bertz CT molecular complexity index is 3250. The molecule has 518 valence electrons. The molecule has 0 N–H and O–H groups in total. The summed E-state index contributed by atoms with van der Waals surface area (Å²) in [5.74, 6) is 0.687. The number of benzene rings is 5. The molecule has 11 aromatic rings. The van der Waals surface area contributed by atoms with Gasteiger partial charge in [0.15, 0.2) is 30.6 Å². The molecule has 5 aromatic carbocycles. The molecule has 0 amide bonds. The van der Waals surface area contributed by atoms with Gasteiger partial charge in [-0.2, -0.15) is 0 Å². The van der Waals surface area contributed by atoms with Crippen LogP contribution < -0.4 is 18.3 Å². The smallest absolute Gasteiger partial charge is 0.212 e. The summed E-state index contributed by atoms with van der Waals surface area (Å²) in [6.07, 6.45) is 13.3. The summed E-state index contributed by atoms with van der Waals surface area (Å²) < 4.78 is 8.60. The first-order chi connectivity index (χ1) is 47.0. The third-order valence-corrected chi connectivity index (χ3v) is 13.0. The summed E-state index contributed by atoms with van der Waals surface area (Å²) in [6, 6.07) is 69.3. The third-order valence-electron chi connectivity index (χ3n) is 13.0. The second-order valence-corrected chi connectivity index (χ2v) is 18.2. The average Bonchev–Trinajstić information content (AvgIpc) is 0.864. The minimum atomic E-state index is 0.687. The minimum Gasteiger partial charge on any atom is -0.256 e. The molecule has 0 atom stereocenters. The highest BCUT2D eigenvalue weighted by molar-refractivity contribution is 5.67. The van der Waals surface area contributed by atoms with Crippen LogP contribution in [0.3, 0.4) is 0 Å². The predicted molar refractivity (Wildman–Crippen MR) is 423 cm³/mol. The van der Waals surface area contributed by atoms with E-state index in [1.54, 1.807) is 0 Å². The van der Waals surface area contributed by atoms with Crippen LogP contribution in [0.25, 0.3) is 78.8 Å². The lowest BCUT2D eigenvalue weighted by Gasteiger charge is -2.06. The molecule has 8 heteroatoms. The second kappa shape index (κ2) is 60.8. The summed E-state index contributed by atoms with van der Waals surface area (Å²) in [6.45, 7) is 52.6. The van der Waals surface area contributed by atoms with Crippen molar-refractivity contribution in [2.45, 2.75) is 180 Å². The van der Waals surface area contributed by atoms with E-state index in [9.17, 15) is 0 Å². The van der Waals surface area contributed by atoms with Crippen LogP contribution in [0.1, 0.15) is 175 Å². The predicted octanol–water partition coefficient (Wildman–Crippen LogP) is 23.8. The first-order valence-electron chi connectivity index (χ1n) is 35.8. The third kappa shape index (κ3) is 31.9. The zero-order valence-electron chi connectivity index (χ0n) is 65.7. The Morgan fingerprint density at radius 2 is 0.542 bits per heavy atom. The minimum absolute atomic E-state index is 0.687. The monoisotopic (exact) mass is 1300 g/mol. The van der Waals surface area contributed by atoms with Crippen LogP contribution in [0, 0.1) is 27.7 Å². The van der Waals surface area contributed by atoms with E-state index in [1.165, 1.54) is 91.1 Å².